The second-order valence-corrected chi connectivity index (χ2v) is 8.20. The van der Waals surface area contributed by atoms with E-state index in [4.69, 9.17) is 9.47 Å². The fraction of sp³-hybridized carbons (Fsp3) is 0.192. The summed E-state index contributed by atoms with van der Waals surface area (Å²) < 4.78 is 49.7. The Hall–Kier alpha value is -4.74. The summed E-state index contributed by atoms with van der Waals surface area (Å²) in [5, 5.41) is 7.91. The van der Waals surface area contributed by atoms with Crippen LogP contribution in [0.4, 0.5) is 46.4 Å². The Kier molecular flexibility index (Phi) is 8.00. The number of benzene rings is 2. The highest BCUT2D eigenvalue weighted by atomic mass is 19.3. The van der Waals surface area contributed by atoms with Crippen molar-refractivity contribution >= 4 is 40.4 Å². The third kappa shape index (κ3) is 6.33. The van der Waals surface area contributed by atoms with Crippen molar-refractivity contribution in [2.45, 2.75) is 12.5 Å². The van der Waals surface area contributed by atoms with Gasteiger partial charge in [-0.3, -0.25) is 14.5 Å². The number of anilines is 5. The van der Waals surface area contributed by atoms with Gasteiger partial charge in [-0.05, 0) is 66.7 Å². The molecule has 1 saturated heterocycles. The van der Waals surface area contributed by atoms with E-state index in [0.717, 1.165) is 11.0 Å². The zero-order valence-corrected chi connectivity index (χ0v) is 20.0. The Bertz CT molecular complexity index is 1390. The van der Waals surface area contributed by atoms with Gasteiger partial charge in [0.2, 0.25) is 5.43 Å². The molecular formula is C26H23F3N4O5. The molecule has 0 aromatic heterocycles. The average molecular weight is 528 g/mol. The van der Waals surface area contributed by atoms with Crippen LogP contribution in [0.2, 0.25) is 0 Å². The highest BCUT2D eigenvalue weighted by Crippen LogP contribution is 2.28. The van der Waals surface area contributed by atoms with Crippen molar-refractivity contribution in [2.75, 3.05) is 35.7 Å². The third-order valence-electron chi connectivity index (χ3n) is 5.60. The molecule has 0 bridgehead atoms. The number of rotatable bonds is 9. The summed E-state index contributed by atoms with van der Waals surface area (Å²) in [6.07, 6.45) is -4.84. The Morgan fingerprint density at radius 3 is 2.29 bits per heavy atom. The van der Waals surface area contributed by atoms with Gasteiger partial charge in [0, 0.05) is 11.4 Å². The summed E-state index contributed by atoms with van der Waals surface area (Å²) in [5.74, 6) is -1.48. The largest absolute Gasteiger partial charge is 0.497 e. The van der Waals surface area contributed by atoms with E-state index in [1.54, 1.807) is 43.5 Å². The Balaban J connectivity index is 1.42. The van der Waals surface area contributed by atoms with E-state index < -0.39 is 30.3 Å². The number of nitrogens with zero attached hydrogens (tertiary/aromatic N) is 1. The van der Waals surface area contributed by atoms with Crippen LogP contribution in [-0.4, -0.2) is 44.7 Å². The number of hydrogen-bond donors (Lipinski definition) is 3. The number of halogens is 3. The molecule has 0 spiro atoms. The monoisotopic (exact) mass is 528 g/mol. The van der Waals surface area contributed by atoms with Gasteiger partial charge in [0.1, 0.15) is 17.7 Å². The van der Waals surface area contributed by atoms with Crippen molar-refractivity contribution in [1.29, 1.82) is 0 Å². The maximum Gasteiger partial charge on any atom is 0.414 e. The van der Waals surface area contributed by atoms with Crippen LogP contribution >= 0.6 is 0 Å². The summed E-state index contributed by atoms with van der Waals surface area (Å²) in [6.45, 7) is -0.352. The van der Waals surface area contributed by atoms with Gasteiger partial charge >= 0.3 is 12.5 Å². The number of methoxy groups -OCH3 is 1. The second-order valence-electron chi connectivity index (χ2n) is 8.20. The normalized spacial score (nSPS) is 14.7. The number of carbonyl (C=O) groups excluding carboxylic acids is 2. The Morgan fingerprint density at radius 2 is 1.63 bits per heavy atom. The number of carbonyl (C=O) groups is 2. The number of cyclic esters (lactones) is 1. The summed E-state index contributed by atoms with van der Waals surface area (Å²) in [6, 6.07) is 17.0. The molecule has 1 fully saturated rings. The lowest BCUT2D eigenvalue weighted by Gasteiger charge is -2.15. The summed E-state index contributed by atoms with van der Waals surface area (Å²) in [7, 11) is 1.56. The summed E-state index contributed by atoms with van der Waals surface area (Å²) in [5.41, 5.74) is 1.43. The molecule has 1 atom stereocenters. The lowest BCUT2D eigenvalue weighted by atomic mass is 10.2. The Labute approximate surface area is 215 Å². The van der Waals surface area contributed by atoms with E-state index >= 15 is 0 Å². The minimum atomic E-state index is -3.18. The molecule has 4 rings (SSSR count). The fourth-order valence-corrected chi connectivity index (χ4v) is 3.64. The molecule has 0 unspecified atom stereocenters. The minimum Gasteiger partial charge on any atom is -0.497 e. The number of ether oxygens (including phenoxy) is 2. The number of hydrogen-bond acceptors (Lipinski definition) is 7. The predicted molar refractivity (Wildman–Crippen MR) is 135 cm³/mol. The molecule has 2 amide bonds. The first-order valence-electron chi connectivity index (χ1n) is 11.4. The highest BCUT2D eigenvalue weighted by molar-refractivity contribution is 5.90. The van der Waals surface area contributed by atoms with Gasteiger partial charge in [0.15, 0.2) is 0 Å². The maximum atomic E-state index is 14.9. The lowest BCUT2D eigenvalue weighted by molar-refractivity contribution is -0.132. The maximum absolute atomic E-state index is 14.9. The summed E-state index contributed by atoms with van der Waals surface area (Å²) >= 11 is 0. The molecule has 0 radical (unpaired) electrons. The van der Waals surface area contributed by atoms with Gasteiger partial charge in [-0.15, -0.1) is 0 Å². The average Bonchev–Trinajstić information content (AvgIpc) is 3.20. The molecule has 3 N–H and O–H groups in total. The minimum absolute atomic E-state index is 0.0562. The third-order valence-corrected chi connectivity index (χ3v) is 5.60. The highest BCUT2D eigenvalue weighted by Gasteiger charge is 2.33. The first-order chi connectivity index (χ1) is 18.2. The Morgan fingerprint density at radius 1 is 1.00 bits per heavy atom. The predicted octanol–water partition coefficient (Wildman–Crippen LogP) is 4.39. The molecule has 1 heterocycles. The molecule has 198 valence electrons. The van der Waals surface area contributed by atoms with Crippen molar-refractivity contribution in [3.05, 3.63) is 82.8 Å². The van der Waals surface area contributed by atoms with Crippen molar-refractivity contribution in [1.82, 2.24) is 5.32 Å². The first kappa shape index (κ1) is 26.3. The molecule has 0 aliphatic carbocycles. The van der Waals surface area contributed by atoms with Gasteiger partial charge in [0.05, 0.1) is 37.3 Å². The van der Waals surface area contributed by atoms with Crippen LogP contribution in [-0.2, 0) is 9.53 Å². The number of amides is 2. The van der Waals surface area contributed by atoms with Crippen LogP contribution in [0, 0.1) is 5.82 Å². The number of nitrogens with one attached hydrogen (secondary N) is 3. The van der Waals surface area contributed by atoms with Gasteiger partial charge in [-0.1, -0.05) is 0 Å². The van der Waals surface area contributed by atoms with Gasteiger partial charge < -0.3 is 25.4 Å². The zero-order chi connectivity index (χ0) is 27.2. The van der Waals surface area contributed by atoms with Gasteiger partial charge in [-0.2, -0.15) is 8.78 Å². The molecule has 1 aliphatic heterocycles. The van der Waals surface area contributed by atoms with Crippen LogP contribution in [0.3, 0.4) is 0 Å². The smallest absolute Gasteiger partial charge is 0.414 e. The molecule has 1 aliphatic rings. The van der Waals surface area contributed by atoms with Crippen LogP contribution in [0.1, 0.15) is 0 Å². The quantitative estimate of drug-likeness (QED) is 0.378. The van der Waals surface area contributed by atoms with E-state index in [1.807, 2.05) is 5.32 Å². The molecule has 9 nitrogen and oxygen atoms in total. The van der Waals surface area contributed by atoms with Crippen molar-refractivity contribution in [2.24, 2.45) is 0 Å². The lowest BCUT2D eigenvalue weighted by Crippen LogP contribution is -2.37. The van der Waals surface area contributed by atoms with Crippen LogP contribution < -0.4 is 31.0 Å². The van der Waals surface area contributed by atoms with Crippen molar-refractivity contribution < 1.29 is 32.2 Å². The van der Waals surface area contributed by atoms with E-state index in [2.05, 4.69) is 10.6 Å². The fourth-order valence-electron chi connectivity index (χ4n) is 3.64. The molecule has 0 saturated carbocycles. The standard InChI is InChI=1S/C26H23F3N4O5/c1-37-18-7-2-15(3-8-18)32-22-9-4-16(5-11-23(22)34)31-21-10-6-17(12-20(21)27)33-14-19(38-26(33)36)13-30-25(35)24(28)29/h2-12,19,24,31H,13-14H2,1H3,(H,30,35)(H,32,34)/t19-/m0/s1. The van der Waals surface area contributed by atoms with E-state index in [1.165, 1.54) is 24.3 Å². The van der Waals surface area contributed by atoms with Crippen molar-refractivity contribution in [3.8, 4) is 5.75 Å². The molecule has 12 heteroatoms. The van der Waals surface area contributed by atoms with Gasteiger partial charge in [-0.25, -0.2) is 9.18 Å². The van der Waals surface area contributed by atoms with Crippen LogP contribution in [0.25, 0.3) is 0 Å². The van der Waals surface area contributed by atoms with E-state index in [0.29, 0.717) is 22.8 Å². The molecule has 3 aromatic rings. The van der Waals surface area contributed by atoms with Crippen LogP contribution in [0.15, 0.2) is 71.5 Å². The van der Waals surface area contributed by atoms with Gasteiger partial charge in [0.25, 0.3) is 5.91 Å². The van der Waals surface area contributed by atoms with E-state index in [9.17, 15) is 27.6 Å². The molecule has 3 aromatic carbocycles. The SMILES string of the molecule is COc1ccc(Nc2ccc(Nc3ccc(N4C[C@H](CNC(=O)C(F)F)OC4=O)cc3F)ccc2=O)cc1. The second kappa shape index (κ2) is 11.5. The summed E-state index contributed by atoms with van der Waals surface area (Å²) in [4.78, 5) is 36.8. The molecule has 38 heavy (non-hydrogen) atoms. The first-order valence-corrected chi connectivity index (χ1v) is 11.4. The zero-order valence-electron chi connectivity index (χ0n) is 20.0. The number of alkyl halides is 2. The van der Waals surface area contributed by atoms with Crippen molar-refractivity contribution in [3.63, 3.8) is 0 Å². The topological polar surface area (TPSA) is 109 Å². The van der Waals surface area contributed by atoms with E-state index in [-0.39, 0.29) is 29.9 Å². The van der Waals surface area contributed by atoms with Crippen LogP contribution in [0.5, 0.6) is 5.75 Å². The molecular weight excluding hydrogens is 505 g/mol.